The van der Waals surface area contributed by atoms with Crippen LogP contribution in [0.15, 0.2) is 29.2 Å². The number of piperidine rings is 1. The summed E-state index contributed by atoms with van der Waals surface area (Å²) < 4.78 is 26.9. The normalized spacial score (nSPS) is 17.9. The van der Waals surface area contributed by atoms with Crippen molar-refractivity contribution in [3.8, 4) is 0 Å². The van der Waals surface area contributed by atoms with E-state index >= 15 is 0 Å². The first-order chi connectivity index (χ1) is 10.4. The lowest BCUT2D eigenvalue weighted by Crippen LogP contribution is -2.37. The Balaban J connectivity index is 1.96. The Kier molecular flexibility index (Phi) is 3.70. The highest BCUT2D eigenvalue weighted by Gasteiger charge is 2.28. The number of aromatic amines is 1. The fraction of sp³-hybridized carbons (Fsp3) is 0.400. The molecule has 2 aromatic rings. The standard InChI is InChI=1S/C15H19N3O3S/c1-10-4-6-18(7-5-10)22(20,21)12-3-2-11-8-14(15(16)19)17-13(11)9-12/h2-3,8-10,17H,4-7H2,1H3,(H2,16,19). The van der Waals surface area contributed by atoms with Gasteiger partial charge in [-0.1, -0.05) is 13.0 Å². The lowest BCUT2D eigenvalue weighted by Gasteiger charge is -2.29. The van der Waals surface area contributed by atoms with Gasteiger partial charge in [-0.3, -0.25) is 4.79 Å². The summed E-state index contributed by atoms with van der Waals surface area (Å²) in [5, 5.41) is 0.764. The Bertz CT molecular complexity index is 818. The molecule has 0 unspecified atom stereocenters. The lowest BCUT2D eigenvalue weighted by atomic mass is 10.0. The Morgan fingerprint density at radius 1 is 1.27 bits per heavy atom. The van der Waals surface area contributed by atoms with Gasteiger partial charge in [-0.2, -0.15) is 4.31 Å². The van der Waals surface area contributed by atoms with Gasteiger partial charge >= 0.3 is 0 Å². The van der Waals surface area contributed by atoms with Gasteiger partial charge in [-0.15, -0.1) is 0 Å². The molecule has 0 saturated carbocycles. The van der Waals surface area contributed by atoms with Crippen LogP contribution in [-0.2, 0) is 10.0 Å². The fourth-order valence-electron chi connectivity index (χ4n) is 2.77. The second-order valence-electron chi connectivity index (χ2n) is 5.88. The number of rotatable bonds is 3. The lowest BCUT2D eigenvalue weighted by molar-refractivity contribution is 0.0996. The van der Waals surface area contributed by atoms with Crippen LogP contribution in [-0.4, -0.2) is 36.7 Å². The number of H-pyrrole nitrogens is 1. The van der Waals surface area contributed by atoms with Crippen LogP contribution in [0.3, 0.4) is 0 Å². The number of carbonyl (C=O) groups is 1. The SMILES string of the molecule is CC1CCN(S(=O)(=O)c2ccc3cc(C(N)=O)[nH]c3c2)CC1. The molecule has 7 heteroatoms. The molecule has 118 valence electrons. The quantitative estimate of drug-likeness (QED) is 0.900. The monoisotopic (exact) mass is 321 g/mol. The van der Waals surface area contributed by atoms with E-state index in [1.54, 1.807) is 24.3 Å². The molecule has 2 heterocycles. The predicted molar refractivity (Wildman–Crippen MR) is 84.0 cm³/mol. The van der Waals surface area contributed by atoms with Crippen LogP contribution >= 0.6 is 0 Å². The Morgan fingerprint density at radius 2 is 1.95 bits per heavy atom. The third kappa shape index (κ3) is 2.62. The number of sulfonamides is 1. The first-order valence-corrected chi connectivity index (χ1v) is 8.74. The highest BCUT2D eigenvalue weighted by Crippen LogP contribution is 2.26. The zero-order chi connectivity index (χ0) is 15.9. The molecule has 1 aliphatic rings. The van der Waals surface area contributed by atoms with Gasteiger partial charge in [-0.05, 0) is 37.0 Å². The minimum absolute atomic E-state index is 0.243. The molecular formula is C15H19N3O3S. The van der Waals surface area contributed by atoms with Crippen LogP contribution in [0.2, 0.25) is 0 Å². The van der Waals surface area contributed by atoms with Gasteiger partial charge in [-0.25, -0.2) is 8.42 Å². The number of nitrogens with two attached hydrogens (primary N) is 1. The maximum absolute atomic E-state index is 12.7. The van der Waals surface area contributed by atoms with Crippen LogP contribution in [0.25, 0.3) is 10.9 Å². The van der Waals surface area contributed by atoms with Crippen LogP contribution < -0.4 is 5.73 Å². The van der Waals surface area contributed by atoms with E-state index in [2.05, 4.69) is 11.9 Å². The molecule has 6 nitrogen and oxygen atoms in total. The molecule has 0 radical (unpaired) electrons. The Hall–Kier alpha value is -1.86. The smallest absolute Gasteiger partial charge is 0.265 e. The zero-order valence-electron chi connectivity index (χ0n) is 12.4. The molecule has 0 spiro atoms. The molecule has 1 aliphatic heterocycles. The van der Waals surface area contributed by atoms with E-state index in [0.717, 1.165) is 18.2 Å². The number of benzene rings is 1. The maximum atomic E-state index is 12.7. The van der Waals surface area contributed by atoms with Crippen molar-refractivity contribution >= 4 is 26.8 Å². The minimum Gasteiger partial charge on any atom is -0.364 e. The van der Waals surface area contributed by atoms with Crippen molar-refractivity contribution < 1.29 is 13.2 Å². The van der Waals surface area contributed by atoms with Gasteiger partial charge in [0.1, 0.15) is 5.69 Å². The number of hydrogen-bond donors (Lipinski definition) is 2. The number of aromatic nitrogens is 1. The van der Waals surface area contributed by atoms with E-state index in [4.69, 9.17) is 5.73 Å². The van der Waals surface area contributed by atoms with Crippen LogP contribution in [0.1, 0.15) is 30.3 Å². The third-order valence-electron chi connectivity index (χ3n) is 4.24. The summed E-state index contributed by atoms with van der Waals surface area (Å²) in [5.74, 6) is 0.00101. The number of nitrogens with zero attached hydrogens (tertiary/aromatic N) is 1. The van der Waals surface area contributed by atoms with Gasteiger partial charge in [0.2, 0.25) is 10.0 Å². The number of primary amides is 1. The van der Waals surface area contributed by atoms with Crippen LogP contribution in [0, 0.1) is 5.92 Å². The summed E-state index contributed by atoms with van der Waals surface area (Å²) in [4.78, 5) is 14.3. The molecule has 1 saturated heterocycles. The molecule has 1 aromatic heterocycles. The van der Waals surface area contributed by atoms with Crippen molar-refractivity contribution in [2.24, 2.45) is 11.7 Å². The van der Waals surface area contributed by atoms with Gasteiger partial charge in [0.15, 0.2) is 0 Å². The second-order valence-corrected chi connectivity index (χ2v) is 7.82. The molecule has 1 amide bonds. The van der Waals surface area contributed by atoms with Crippen molar-refractivity contribution in [2.75, 3.05) is 13.1 Å². The van der Waals surface area contributed by atoms with E-state index in [9.17, 15) is 13.2 Å². The number of nitrogens with one attached hydrogen (secondary N) is 1. The molecule has 0 atom stereocenters. The zero-order valence-corrected chi connectivity index (χ0v) is 13.2. The van der Waals surface area contributed by atoms with Crippen LogP contribution in [0.4, 0.5) is 0 Å². The molecule has 0 bridgehead atoms. The van der Waals surface area contributed by atoms with E-state index in [1.807, 2.05) is 0 Å². The number of hydrogen-bond acceptors (Lipinski definition) is 3. The van der Waals surface area contributed by atoms with E-state index in [1.165, 1.54) is 4.31 Å². The maximum Gasteiger partial charge on any atom is 0.265 e. The van der Waals surface area contributed by atoms with Crippen molar-refractivity contribution in [3.05, 3.63) is 30.0 Å². The topological polar surface area (TPSA) is 96.3 Å². The summed E-state index contributed by atoms with van der Waals surface area (Å²) in [6.07, 6.45) is 1.77. The molecule has 22 heavy (non-hydrogen) atoms. The summed E-state index contributed by atoms with van der Waals surface area (Å²) >= 11 is 0. The van der Waals surface area contributed by atoms with E-state index in [0.29, 0.717) is 24.5 Å². The van der Waals surface area contributed by atoms with Crippen molar-refractivity contribution in [2.45, 2.75) is 24.7 Å². The minimum atomic E-state index is -3.49. The van der Waals surface area contributed by atoms with E-state index in [-0.39, 0.29) is 10.6 Å². The molecule has 1 fully saturated rings. The average molecular weight is 321 g/mol. The fourth-order valence-corrected chi connectivity index (χ4v) is 4.27. The molecular weight excluding hydrogens is 302 g/mol. The Labute approximate surface area is 129 Å². The van der Waals surface area contributed by atoms with Gasteiger partial charge in [0, 0.05) is 24.0 Å². The summed E-state index contributed by atoms with van der Waals surface area (Å²) in [6.45, 7) is 3.25. The first-order valence-electron chi connectivity index (χ1n) is 7.30. The molecule has 3 N–H and O–H groups in total. The van der Waals surface area contributed by atoms with Gasteiger partial charge < -0.3 is 10.7 Å². The molecule has 3 rings (SSSR count). The predicted octanol–water partition coefficient (Wildman–Crippen LogP) is 1.69. The van der Waals surface area contributed by atoms with E-state index < -0.39 is 15.9 Å². The van der Waals surface area contributed by atoms with Gasteiger partial charge in [0.25, 0.3) is 5.91 Å². The molecule has 0 aliphatic carbocycles. The van der Waals surface area contributed by atoms with Crippen molar-refractivity contribution in [3.63, 3.8) is 0 Å². The summed E-state index contributed by atoms with van der Waals surface area (Å²) in [6, 6.07) is 6.46. The first kappa shape index (κ1) is 15.1. The number of amides is 1. The largest absolute Gasteiger partial charge is 0.364 e. The average Bonchev–Trinajstić information content (AvgIpc) is 2.91. The Morgan fingerprint density at radius 3 is 2.59 bits per heavy atom. The third-order valence-corrected chi connectivity index (χ3v) is 6.13. The second kappa shape index (κ2) is 5.40. The van der Waals surface area contributed by atoms with Crippen molar-refractivity contribution in [1.82, 2.24) is 9.29 Å². The summed E-state index contributed by atoms with van der Waals surface area (Å²) in [5.41, 5.74) is 6.11. The number of carbonyl (C=O) groups excluding carboxylic acids is 1. The highest BCUT2D eigenvalue weighted by atomic mass is 32.2. The highest BCUT2D eigenvalue weighted by molar-refractivity contribution is 7.89. The molecule has 1 aromatic carbocycles. The summed E-state index contributed by atoms with van der Waals surface area (Å²) in [7, 11) is -3.49. The van der Waals surface area contributed by atoms with Crippen molar-refractivity contribution in [1.29, 1.82) is 0 Å². The van der Waals surface area contributed by atoms with Gasteiger partial charge in [0.05, 0.1) is 4.90 Å². The number of fused-ring (bicyclic) bond motifs is 1. The van der Waals surface area contributed by atoms with Crippen LogP contribution in [0.5, 0.6) is 0 Å².